The molecule has 36 heavy (non-hydrogen) atoms. The van der Waals surface area contributed by atoms with Gasteiger partial charge in [-0.05, 0) is 48.7 Å². The van der Waals surface area contributed by atoms with Crippen molar-refractivity contribution in [1.82, 2.24) is 9.21 Å². The summed E-state index contributed by atoms with van der Waals surface area (Å²) in [4.78, 5) is 17.0. The van der Waals surface area contributed by atoms with E-state index in [2.05, 4.69) is 34.1 Å². The van der Waals surface area contributed by atoms with Crippen molar-refractivity contribution in [2.75, 3.05) is 71.0 Å². The van der Waals surface area contributed by atoms with Crippen LogP contribution in [0.2, 0.25) is 0 Å². The molecule has 0 radical (unpaired) electrons. The molecule has 2 aliphatic rings. The maximum atomic E-state index is 13.1. The summed E-state index contributed by atoms with van der Waals surface area (Å²) >= 11 is 0. The highest BCUT2D eigenvalue weighted by molar-refractivity contribution is 7.89. The Morgan fingerprint density at radius 1 is 0.917 bits per heavy atom. The molecule has 0 N–H and O–H groups in total. The SMILES string of the molecule is CCOC(=O)C1=CCN(S(=O)(=O)c2ccc(-c3ccc(N4CCN(CCOC)CC4)cc3)cc2)CC1. The van der Waals surface area contributed by atoms with Crippen LogP contribution in [0.3, 0.4) is 0 Å². The normalized spacial score (nSPS) is 17.6. The van der Waals surface area contributed by atoms with Gasteiger partial charge in [-0.15, -0.1) is 0 Å². The molecule has 2 heterocycles. The lowest BCUT2D eigenvalue weighted by molar-refractivity contribution is -0.138. The zero-order valence-corrected chi connectivity index (χ0v) is 21.9. The van der Waals surface area contributed by atoms with Crippen molar-refractivity contribution in [3.05, 3.63) is 60.2 Å². The smallest absolute Gasteiger partial charge is 0.333 e. The molecule has 2 aromatic carbocycles. The monoisotopic (exact) mass is 513 g/mol. The quantitative estimate of drug-likeness (QED) is 0.477. The Labute approximate surface area is 214 Å². The van der Waals surface area contributed by atoms with Gasteiger partial charge >= 0.3 is 5.97 Å². The van der Waals surface area contributed by atoms with E-state index in [4.69, 9.17) is 9.47 Å². The van der Waals surface area contributed by atoms with Crippen molar-refractivity contribution in [2.45, 2.75) is 18.2 Å². The summed E-state index contributed by atoms with van der Waals surface area (Å²) in [6.07, 6.45) is 2.00. The number of hydrogen-bond acceptors (Lipinski definition) is 7. The van der Waals surface area contributed by atoms with E-state index < -0.39 is 10.0 Å². The molecule has 1 saturated heterocycles. The van der Waals surface area contributed by atoms with Gasteiger partial charge in [0, 0.05) is 64.2 Å². The van der Waals surface area contributed by atoms with Gasteiger partial charge in [0.1, 0.15) is 0 Å². The van der Waals surface area contributed by atoms with Crippen molar-refractivity contribution in [3.8, 4) is 11.1 Å². The minimum Gasteiger partial charge on any atom is -0.463 e. The van der Waals surface area contributed by atoms with E-state index in [0.717, 1.165) is 50.5 Å². The maximum Gasteiger partial charge on any atom is 0.333 e. The van der Waals surface area contributed by atoms with Crippen LogP contribution in [0.4, 0.5) is 5.69 Å². The highest BCUT2D eigenvalue weighted by Crippen LogP contribution is 2.27. The van der Waals surface area contributed by atoms with E-state index in [1.807, 2.05) is 12.1 Å². The molecular formula is C27H35N3O5S. The lowest BCUT2D eigenvalue weighted by Gasteiger charge is -2.36. The topological polar surface area (TPSA) is 79.4 Å². The second-order valence-electron chi connectivity index (χ2n) is 8.96. The number of methoxy groups -OCH3 is 1. The van der Waals surface area contributed by atoms with E-state index in [0.29, 0.717) is 18.6 Å². The zero-order valence-electron chi connectivity index (χ0n) is 21.1. The van der Waals surface area contributed by atoms with Crippen molar-refractivity contribution >= 4 is 21.7 Å². The Kier molecular flexibility index (Phi) is 8.79. The number of carbonyl (C=O) groups is 1. The predicted octanol–water partition coefficient (Wildman–Crippen LogP) is 3.01. The molecule has 0 unspecified atom stereocenters. The Morgan fingerprint density at radius 3 is 2.11 bits per heavy atom. The largest absolute Gasteiger partial charge is 0.463 e. The van der Waals surface area contributed by atoms with Gasteiger partial charge in [-0.3, -0.25) is 4.90 Å². The van der Waals surface area contributed by atoms with Crippen LogP contribution >= 0.6 is 0 Å². The van der Waals surface area contributed by atoms with Crippen LogP contribution in [0.15, 0.2) is 65.1 Å². The van der Waals surface area contributed by atoms with Crippen LogP contribution in [-0.2, 0) is 24.3 Å². The number of carbonyl (C=O) groups excluding carboxylic acids is 1. The maximum absolute atomic E-state index is 13.1. The fourth-order valence-electron chi connectivity index (χ4n) is 4.56. The fourth-order valence-corrected chi connectivity index (χ4v) is 5.94. The van der Waals surface area contributed by atoms with Crippen LogP contribution < -0.4 is 4.90 Å². The fraction of sp³-hybridized carbons (Fsp3) is 0.444. The van der Waals surface area contributed by atoms with E-state index in [9.17, 15) is 13.2 Å². The number of nitrogens with zero attached hydrogens (tertiary/aromatic N) is 3. The molecule has 8 nitrogen and oxygen atoms in total. The van der Waals surface area contributed by atoms with E-state index in [1.165, 1.54) is 9.99 Å². The average Bonchev–Trinajstić information content (AvgIpc) is 2.92. The zero-order chi connectivity index (χ0) is 25.5. The number of rotatable bonds is 9. The van der Waals surface area contributed by atoms with E-state index >= 15 is 0 Å². The Balaban J connectivity index is 1.37. The van der Waals surface area contributed by atoms with Gasteiger partial charge in [-0.1, -0.05) is 30.3 Å². The van der Waals surface area contributed by atoms with Crippen molar-refractivity contribution in [2.24, 2.45) is 0 Å². The summed E-state index contributed by atoms with van der Waals surface area (Å²) in [5.41, 5.74) is 3.74. The van der Waals surface area contributed by atoms with Crippen molar-refractivity contribution in [1.29, 1.82) is 0 Å². The third-order valence-electron chi connectivity index (χ3n) is 6.75. The average molecular weight is 514 g/mol. The molecule has 194 valence electrons. The summed E-state index contributed by atoms with van der Waals surface area (Å²) < 4.78 is 37.8. The van der Waals surface area contributed by atoms with Gasteiger partial charge in [0.15, 0.2) is 0 Å². The molecule has 0 aliphatic carbocycles. The highest BCUT2D eigenvalue weighted by atomic mass is 32.2. The van der Waals surface area contributed by atoms with Gasteiger partial charge in [0.2, 0.25) is 10.0 Å². The number of anilines is 1. The molecule has 2 aromatic rings. The minimum absolute atomic E-state index is 0.167. The van der Waals surface area contributed by atoms with E-state index in [-0.39, 0.29) is 24.0 Å². The molecule has 4 rings (SSSR count). The summed E-state index contributed by atoms with van der Waals surface area (Å²) in [5, 5.41) is 0. The summed E-state index contributed by atoms with van der Waals surface area (Å²) in [6, 6.07) is 15.4. The van der Waals surface area contributed by atoms with Crippen LogP contribution in [0.1, 0.15) is 13.3 Å². The van der Waals surface area contributed by atoms with Crippen LogP contribution in [0.25, 0.3) is 11.1 Å². The highest BCUT2D eigenvalue weighted by Gasteiger charge is 2.28. The van der Waals surface area contributed by atoms with Gasteiger partial charge in [0.25, 0.3) is 0 Å². The number of benzene rings is 2. The molecule has 0 atom stereocenters. The van der Waals surface area contributed by atoms with Crippen LogP contribution in [0, 0.1) is 0 Å². The lowest BCUT2D eigenvalue weighted by Crippen LogP contribution is -2.47. The lowest BCUT2D eigenvalue weighted by atomic mass is 10.1. The number of ether oxygens (including phenoxy) is 2. The predicted molar refractivity (Wildman–Crippen MR) is 140 cm³/mol. The number of hydrogen-bond donors (Lipinski definition) is 0. The number of esters is 1. The van der Waals surface area contributed by atoms with Gasteiger partial charge in [-0.2, -0.15) is 4.31 Å². The number of piperazine rings is 1. The Morgan fingerprint density at radius 2 is 1.56 bits per heavy atom. The molecule has 1 fully saturated rings. The molecule has 9 heteroatoms. The first-order valence-electron chi connectivity index (χ1n) is 12.5. The standard InChI is InChI=1S/C27H35N3O5S/c1-3-35-27(31)24-12-14-30(15-13-24)36(32,33)26-10-6-23(7-11-26)22-4-8-25(9-5-22)29-18-16-28(17-19-29)20-21-34-2/h4-12H,3,13-21H2,1-2H3. The molecule has 0 spiro atoms. The minimum atomic E-state index is -3.64. The molecule has 0 bridgehead atoms. The second-order valence-corrected chi connectivity index (χ2v) is 10.9. The molecule has 2 aliphatic heterocycles. The van der Waals surface area contributed by atoms with E-state index in [1.54, 1.807) is 32.2 Å². The molecular weight excluding hydrogens is 478 g/mol. The first kappa shape index (κ1) is 26.3. The summed E-state index contributed by atoms with van der Waals surface area (Å²) in [7, 11) is -1.90. The van der Waals surface area contributed by atoms with Crippen LogP contribution in [0.5, 0.6) is 0 Å². The third-order valence-corrected chi connectivity index (χ3v) is 8.63. The number of sulfonamides is 1. The van der Waals surface area contributed by atoms with Crippen LogP contribution in [-0.4, -0.2) is 89.7 Å². The second kappa shape index (κ2) is 12.0. The first-order chi connectivity index (χ1) is 17.4. The summed E-state index contributed by atoms with van der Waals surface area (Å²) in [5.74, 6) is -0.366. The molecule has 0 amide bonds. The Bertz CT molecular complexity index is 1150. The Hall–Kier alpha value is -2.72. The van der Waals surface area contributed by atoms with Gasteiger partial charge in [0.05, 0.1) is 18.1 Å². The summed E-state index contributed by atoms with van der Waals surface area (Å²) in [6.45, 7) is 8.25. The first-order valence-corrected chi connectivity index (χ1v) is 13.9. The third kappa shape index (κ3) is 6.15. The van der Waals surface area contributed by atoms with Crippen molar-refractivity contribution in [3.63, 3.8) is 0 Å². The van der Waals surface area contributed by atoms with Gasteiger partial charge < -0.3 is 14.4 Å². The van der Waals surface area contributed by atoms with Gasteiger partial charge in [-0.25, -0.2) is 13.2 Å². The molecule has 0 aromatic heterocycles. The molecule has 0 saturated carbocycles. The van der Waals surface area contributed by atoms with Crippen molar-refractivity contribution < 1.29 is 22.7 Å².